The quantitative estimate of drug-likeness (QED) is 0.852. The Hall–Kier alpha value is -2.08. The van der Waals surface area contributed by atoms with E-state index in [0.29, 0.717) is 16.6 Å². The molecule has 1 aromatic heterocycles. The molecular weight excluding hydrogens is 264 g/mol. The normalized spacial score (nSPS) is 10.0. The minimum atomic E-state index is -0.372. The van der Waals surface area contributed by atoms with Gasteiger partial charge in [0, 0.05) is 12.1 Å². The smallest absolute Gasteiger partial charge is 0.349 e. The van der Waals surface area contributed by atoms with E-state index in [1.807, 2.05) is 24.3 Å². The Balaban J connectivity index is 2.02. The van der Waals surface area contributed by atoms with Crippen LogP contribution in [0.4, 0.5) is 5.13 Å². The van der Waals surface area contributed by atoms with E-state index in [-0.39, 0.29) is 5.97 Å². The van der Waals surface area contributed by atoms with Gasteiger partial charge in [0.15, 0.2) is 5.13 Å². The predicted octanol–water partition coefficient (Wildman–Crippen LogP) is 2.55. The number of esters is 1. The van der Waals surface area contributed by atoms with E-state index < -0.39 is 0 Å². The molecule has 0 bridgehead atoms. The van der Waals surface area contributed by atoms with E-state index in [4.69, 9.17) is 4.74 Å². The first kappa shape index (κ1) is 13.4. The van der Waals surface area contributed by atoms with E-state index in [0.717, 1.165) is 11.3 Å². The first-order valence-corrected chi connectivity index (χ1v) is 6.46. The van der Waals surface area contributed by atoms with Gasteiger partial charge in [0.05, 0.1) is 20.4 Å². The van der Waals surface area contributed by atoms with Crippen molar-refractivity contribution in [1.29, 1.82) is 0 Å². The summed E-state index contributed by atoms with van der Waals surface area (Å²) in [6, 6.07) is 7.74. The van der Waals surface area contributed by atoms with Crippen LogP contribution in [0, 0.1) is 0 Å². The van der Waals surface area contributed by atoms with E-state index in [9.17, 15) is 4.79 Å². The Morgan fingerprint density at radius 3 is 2.89 bits per heavy atom. The second-order valence-corrected chi connectivity index (χ2v) is 4.72. The molecule has 2 aromatic rings. The van der Waals surface area contributed by atoms with Crippen molar-refractivity contribution in [3.05, 3.63) is 40.9 Å². The minimum absolute atomic E-state index is 0.372. The minimum Gasteiger partial charge on any atom is -0.496 e. The number of hydrogen-bond acceptors (Lipinski definition) is 6. The number of hydrogen-bond donors (Lipinski definition) is 1. The van der Waals surface area contributed by atoms with Gasteiger partial charge in [-0.1, -0.05) is 29.5 Å². The van der Waals surface area contributed by atoms with Gasteiger partial charge < -0.3 is 14.8 Å². The fourth-order valence-corrected chi connectivity index (χ4v) is 2.30. The second kappa shape index (κ2) is 6.19. The van der Waals surface area contributed by atoms with Crippen LogP contribution < -0.4 is 10.1 Å². The molecule has 0 saturated heterocycles. The Kier molecular flexibility index (Phi) is 4.35. The molecule has 0 atom stereocenters. The van der Waals surface area contributed by atoms with Crippen LogP contribution in [0.25, 0.3) is 0 Å². The van der Waals surface area contributed by atoms with Crippen molar-refractivity contribution in [2.24, 2.45) is 0 Å². The molecule has 1 heterocycles. The molecule has 0 aliphatic heterocycles. The van der Waals surface area contributed by atoms with Crippen molar-refractivity contribution in [2.75, 3.05) is 19.5 Å². The summed E-state index contributed by atoms with van der Waals surface area (Å²) in [6.45, 7) is 0.581. The van der Waals surface area contributed by atoms with Gasteiger partial charge in [0.2, 0.25) is 0 Å². The molecule has 0 radical (unpaired) electrons. The number of carbonyl (C=O) groups excluding carboxylic acids is 1. The van der Waals surface area contributed by atoms with Crippen molar-refractivity contribution in [3.8, 4) is 5.75 Å². The molecule has 0 fully saturated rings. The monoisotopic (exact) mass is 278 g/mol. The Morgan fingerprint density at radius 2 is 2.16 bits per heavy atom. The molecule has 1 N–H and O–H groups in total. The lowest BCUT2D eigenvalue weighted by Gasteiger charge is -2.08. The van der Waals surface area contributed by atoms with Gasteiger partial charge in [-0.2, -0.15) is 0 Å². The topological polar surface area (TPSA) is 60.5 Å². The largest absolute Gasteiger partial charge is 0.496 e. The number of anilines is 1. The molecule has 1 aromatic carbocycles. The Labute approximate surface area is 115 Å². The molecule has 0 unspecified atom stereocenters. The first-order valence-electron chi connectivity index (χ1n) is 5.64. The average Bonchev–Trinajstić information content (AvgIpc) is 2.93. The summed E-state index contributed by atoms with van der Waals surface area (Å²) in [4.78, 5) is 15.9. The fourth-order valence-electron chi connectivity index (χ4n) is 1.57. The van der Waals surface area contributed by atoms with Crippen LogP contribution in [-0.2, 0) is 11.3 Å². The molecule has 0 saturated carbocycles. The summed E-state index contributed by atoms with van der Waals surface area (Å²) in [5, 5.41) is 3.83. The lowest BCUT2D eigenvalue weighted by atomic mass is 10.2. The van der Waals surface area contributed by atoms with E-state index in [1.54, 1.807) is 7.11 Å². The zero-order chi connectivity index (χ0) is 13.7. The highest BCUT2D eigenvalue weighted by Crippen LogP contribution is 2.22. The predicted molar refractivity (Wildman–Crippen MR) is 73.8 cm³/mol. The molecular formula is C13H14N2O3S. The maximum Gasteiger partial charge on any atom is 0.349 e. The number of nitrogens with zero attached hydrogens (tertiary/aromatic N) is 1. The number of aromatic nitrogens is 1. The maximum absolute atomic E-state index is 11.3. The van der Waals surface area contributed by atoms with Gasteiger partial charge in [0.1, 0.15) is 10.6 Å². The number of thiazole rings is 1. The lowest BCUT2D eigenvalue weighted by molar-refractivity contribution is 0.0606. The van der Waals surface area contributed by atoms with Crippen LogP contribution in [0.5, 0.6) is 5.75 Å². The maximum atomic E-state index is 11.3. The number of rotatable bonds is 5. The summed E-state index contributed by atoms with van der Waals surface area (Å²) >= 11 is 1.26. The number of carbonyl (C=O) groups is 1. The van der Waals surface area contributed by atoms with Crippen molar-refractivity contribution in [2.45, 2.75) is 6.54 Å². The van der Waals surface area contributed by atoms with Crippen molar-refractivity contribution in [3.63, 3.8) is 0 Å². The standard InChI is InChI=1S/C13H14N2O3S/c1-17-10-6-4-3-5-9(10)7-14-13-15-8-11(19-13)12(16)18-2/h3-6,8H,7H2,1-2H3,(H,14,15). The molecule has 0 aliphatic rings. The number of methoxy groups -OCH3 is 2. The highest BCUT2D eigenvalue weighted by atomic mass is 32.1. The van der Waals surface area contributed by atoms with Crippen LogP contribution in [0.2, 0.25) is 0 Å². The van der Waals surface area contributed by atoms with Crippen LogP contribution in [0.1, 0.15) is 15.2 Å². The number of nitrogens with one attached hydrogen (secondary N) is 1. The third-order valence-corrected chi connectivity index (χ3v) is 3.45. The Morgan fingerprint density at radius 1 is 1.37 bits per heavy atom. The van der Waals surface area contributed by atoms with Crippen molar-refractivity contribution < 1.29 is 14.3 Å². The molecule has 6 heteroatoms. The highest BCUT2D eigenvalue weighted by molar-refractivity contribution is 7.17. The average molecular weight is 278 g/mol. The van der Waals surface area contributed by atoms with Crippen LogP contribution in [-0.4, -0.2) is 25.2 Å². The third-order valence-electron chi connectivity index (χ3n) is 2.51. The SMILES string of the molecule is COC(=O)c1cnc(NCc2ccccc2OC)s1. The zero-order valence-corrected chi connectivity index (χ0v) is 11.5. The van der Waals surface area contributed by atoms with Gasteiger partial charge in [-0.3, -0.25) is 0 Å². The van der Waals surface area contributed by atoms with Crippen LogP contribution in [0.15, 0.2) is 30.5 Å². The van der Waals surface area contributed by atoms with Gasteiger partial charge in [0.25, 0.3) is 0 Å². The lowest BCUT2D eigenvalue weighted by Crippen LogP contribution is -2.01. The molecule has 100 valence electrons. The summed E-state index contributed by atoms with van der Waals surface area (Å²) < 4.78 is 9.90. The van der Waals surface area contributed by atoms with Gasteiger partial charge in [-0.15, -0.1) is 0 Å². The number of benzene rings is 1. The molecule has 2 rings (SSSR count). The van der Waals surface area contributed by atoms with Crippen molar-refractivity contribution >= 4 is 22.4 Å². The Bertz CT molecular complexity index is 569. The van der Waals surface area contributed by atoms with E-state index >= 15 is 0 Å². The molecule has 0 spiro atoms. The van der Waals surface area contributed by atoms with Gasteiger partial charge >= 0.3 is 5.97 Å². The highest BCUT2D eigenvalue weighted by Gasteiger charge is 2.10. The first-order chi connectivity index (χ1) is 9.24. The number of ether oxygens (including phenoxy) is 2. The third kappa shape index (κ3) is 3.23. The summed E-state index contributed by atoms with van der Waals surface area (Å²) in [6.07, 6.45) is 1.50. The summed E-state index contributed by atoms with van der Waals surface area (Å²) in [5.41, 5.74) is 1.03. The van der Waals surface area contributed by atoms with Crippen molar-refractivity contribution in [1.82, 2.24) is 4.98 Å². The molecule has 5 nitrogen and oxygen atoms in total. The zero-order valence-electron chi connectivity index (χ0n) is 10.7. The summed E-state index contributed by atoms with van der Waals surface area (Å²) in [5.74, 6) is 0.447. The molecule has 0 aliphatic carbocycles. The fraction of sp³-hybridized carbons (Fsp3) is 0.231. The second-order valence-electron chi connectivity index (χ2n) is 3.69. The van der Waals surface area contributed by atoms with E-state index in [1.165, 1.54) is 24.6 Å². The van der Waals surface area contributed by atoms with Gasteiger partial charge in [-0.05, 0) is 6.07 Å². The van der Waals surface area contributed by atoms with Gasteiger partial charge in [-0.25, -0.2) is 9.78 Å². The molecule has 0 amide bonds. The molecule has 19 heavy (non-hydrogen) atoms. The van der Waals surface area contributed by atoms with E-state index in [2.05, 4.69) is 15.0 Å². The summed E-state index contributed by atoms with van der Waals surface area (Å²) in [7, 11) is 2.99. The van der Waals surface area contributed by atoms with Crippen LogP contribution >= 0.6 is 11.3 Å². The van der Waals surface area contributed by atoms with Crippen LogP contribution in [0.3, 0.4) is 0 Å². The number of para-hydroxylation sites is 1.